The van der Waals surface area contributed by atoms with Crippen molar-refractivity contribution in [1.29, 1.82) is 0 Å². The summed E-state index contributed by atoms with van der Waals surface area (Å²) in [6.45, 7) is 0. The molecule has 1 N–H and O–H groups in total. The molecular weight excluding hydrogens is 265 g/mol. The van der Waals surface area contributed by atoms with Crippen molar-refractivity contribution in [1.82, 2.24) is 0 Å². The fourth-order valence-electron chi connectivity index (χ4n) is 1.22. The zero-order chi connectivity index (χ0) is 8.55. The zero-order valence-electron chi connectivity index (χ0n) is 6.60. The van der Waals surface area contributed by atoms with Crippen LogP contribution in [0.5, 0.6) is 0 Å². The lowest BCUT2D eigenvalue weighted by Crippen LogP contribution is -1.88. The standard InChI is InChI=1S/C9H8INO/c1-11-8-3-2-7(10)6-4-5-12-9(6)8/h2-5,11H,1H3. The van der Waals surface area contributed by atoms with Crippen LogP contribution in [0.3, 0.4) is 0 Å². The molecule has 0 amide bonds. The van der Waals surface area contributed by atoms with Crippen molar-refractivity contribution in [2.24, 2.45) is 0 Å². The first-order chi connectivity index (χ1) is 5.83. The number of furan rings is 1. The van der Waals surface area contributed by atoms with Crippen LogP contribution in [0.4, 0.5) is 5.69 Å². The first-order valence-electron chi connectivity index (χ1n) is 3.66. The lowest BCUT2D eigenvalue weighted by molar-refractivity contribution is 0.617. The molecule has 2 nitrogen and oxygen atoms in total. The monoisotopic (exact) mass is 273 g/mol. The molecule has 0 aliphatic rings. The van der Waals surface area contributed by atoms with Gasteiger partial charge < -0.3 is 9.73 Å². The Hall–Kier alpha value is -0.710. The van der Waals surface area contributed by atoms with Gasteiger partial charge in [0, 0.05) is 16.0 Å². The number of nitrogens with one attached hydrogen (secondary N) is 1. The maximum absolute atomic E-state index is 5.35. The first-order valence-corrected chi connectivity index (χ1v) is 4.74. The van der Waals surface area contributed by atoms with Gasteiger partial charge in [-0.05, 0) is 40.8 Å². The van der Waals surface area contributed by atoms with Gasteiger partial charge in [-0.1, -0.05) is 0 Å². The summed E-state index contributed by atoms with van der Waals surface area (Å²) in [5.41, 5.74) is 1.97. The van der Waals surface area contributed by atoms with Crippen LogP contribution in [0.15, 0.2) is 28.9 Å². The highest BCUT2D eigenvalue weighted by molar-refractivity contribution is 14.1. The van der Waals surface area contributed by atoms with Crippen molar-refractivity contribution in [3.63, 3.8) is 0 Å². The molecule has 2 aromatic rings. The summed E-state index contributed by atoms with van der Waals surface area (Å²) in [7, 11) is 1.89. The smallest absolute Gasteiger partial charge is 0.157 e. The lowest BCUT2D eigenvalue weighted by atomic mass is 10.2. The molecule has 0 unspecified atom stereocenters. The molecule has 1 aromatic carbocycles. The largest absolute Gasteiger partial charge is 0.462 e. The van der Waals surface area contributed by atoms with E-state index in [0.717, 1.165) is 11.3 Å². The Bertz CT molecular complexity index is 408. The van der Waals surface area contributed by atoms with Crippen molar-refractivity contribution in [2.75, 3.05) is 12.4 Å². The van der Waals surface area contributed by atoms with Crippen molar-refractivity contribution < 1.29 is 4.42 Å². The Labute approximate surface area is 84.1 Å². The second-order valence-corrected chi connectivity index (χ2v) is 3.67. The molecule has 1 heterocycles. The minimum absolute atomic E-state index is 0.935. The molecule has 0 radical (unpaired) electrons. The number of anilines is 1. The van der Waals surface area contributed by atoms with Crippen molar-refractivity contribution in [2.45, 2.75) is 0 Å². The predicted molar refractivity (Wildman–Crippen MR) is 58.5 cm³/mol. The summed E-state index contributed by atoms with van der Waals surface area (Å²) >= 11 is 2.30. The first kappa shape index (κ1) is 7.91. The van der Waals surface area contributed by atoms with E-state index in [1.807, 2.05) is 19.2 Å². The van der Waals surface area contributed by atoms with E-state index in [4.69, 9.17) is 4.42 Å². The quantitative estimate of drug-likeness (QED) is 0.808. The maximum Gasteiger partial charge on any atom is 0.157 e. The molecule has 0 atom stereocenters. The normalized spacial score (nSPS) is 10.5. The van der Waals surface area contributed by atoms with Crippen LogP contribution in [0, 0.1) is 3.57 Å². The van der Waals surface area contributed by atoms with Crippen LogP contribution < -0.4 is 5.32 Å². The Balaban J connectivity index is 2.82. The molecule has 0 aliphatic heterocycles. The van der Waals surface area contributed by atoms with Crippen LogP contribution in [-0.2, 0) is 0 Å². The summed E-state index contributed by atoms with van der Waals surface area (Å²) in [4.78, 5) is 0. The van der Waals surface area contributed by atoms with Crippen LogP contribution >= 0.6 is 22.6 Å². The highest BCUT2D eigenvalue weighted by Crippen LogP contribution is 2.28. The van der Waals surface area contributed by atoms with E-state index >= 15 is 0 Å². The molecular formula is C9H8INO. The van der Waals surface area contributed by atoms with E-state index in [9.17, 15) is 0 Å². The average Bonchev–Trinajstić information content (AvgIpc) is 2.54. The number of halogens is 1. The maximum atomic E-state index is 5.35. The topological polar surface area (TPSA) is 25.2 Å². The van der Waals surface area contributed by atoms with E-state index in [1.54, 1.807) is 6.26 Å². The third-order valence-electron chi connectivity index (χ3n) is 1.83. The summed E-state index contributed by atoms with van der Waals surface area (Å²) < 4.78 is 6.57. The SMILES string of the molecule is CNc1ccc(I)c2ccoc12. The molecule has 0 aliphatic carbocycles. The van der Waals surface area contributed by atoms with Gasteiger partial charge in [0.2, 0.25) is 0 Å². The van der Waals surface area contributed by atoms with Crippen molar-refractivity contribution >= 4 is 39.2 Å². The highest BCUT2D eigenvalue weighted by atomic mass is 127. The van der Waals surface area contributed by atoms with Gasteiger partial charge in [-0.25, -0.2) is 0 Å². The average molecular weight is 273 g/mol. The van der Waals surface area contributed by atoms with Gasteiger partial charge in [0.15, 0.2) is 5.58 Å². The Morgan fingerprint density at radius 1 is 1.33 bits per heavy atom. The molecule has 0 spiro atoms. The number of hydrogen-bond acceptors (Lipinski definition) is 2. The minimum Gasteiger partial charge on any atom is -0.462 e. The Kier molecular flexibility index (Phi) is 1.96. The third kappa shape index (κ3) is 1.08. The number of benzene rings is 1. The van der Waals surface area contributed by atoms with E-state index in [1.165, 1.54) is 8.96 Å². The highest BCUT2D eigenvalue weighted by Gasteiger charge is 2.04. The van der Waals surface area contributed by atoms with Gasteiger partial charge in [-0.15, -0.1) is 0 Å². The van der Waals surface area contributed by atoms with Gasteiger partial charge in [0.25, 0.3) is 0 Å². The van der Waals surface area contributed by atoms with Crippen LogP contribution in [0.25, 0.3) is 11.0 Å². The summed E-state index contributed by atoms with van der Waals surface area (Å²) in [5, 5.41) is 4.26. The molecule has 12 heavy (non-hydrogen) atoms. The predicted octanol–water partition coefficient (Wildman–Crippen LogP) is 3.08. The number of rotatable bonds is 1. The summed E-state index contributed by atoms with van der Waals surface area (Å²) in [5.74, 6) is 0. The minimum atomic E-state index is 0.935. The lowest BCUT2D eigenvalue weighted by Gasteiger charge is -2.00. The fraction of sp³-hybridized carbons (Fsp3) is 0.111. The van der Waals surface area contributed by atoms with Crippen LogP contribution in [-0.4, -0.2) is 7.05 Å². The van der Waals surface area contributed by atoms with Crippen LogP contribution in [0.2, 0.25) is 0 Å². The summed E-state index contributed by atoms with van der Waals surface area (Å²) in [6, 6.07) is 6.08. The Morgan fingerprint density at radius 2 is 2.17 bits per heavy atom. The summed E-state index contributed by atoms with van der Waals surface area (Å²) in [6.07, 6.45) is 1.72. The molecule has 1 aromatic heterocycles. The Morgan fingerprint density at radius 3 is 2.92 bits per heavy atom. The van der Waals surface area contributed by atoms with E-state index in [-0.39, 0.29) is 0 Å². The second kappa shape index (κ2) is 2.97. The van der Waals surface area contributed by atoms with Gasteiger partial charge in [0.1, 0.15) is 0 Å². The van der Waals surface area contributed by atoms with Crippen LogP contribution in [0.1, 0.15) is 0 Å². The van der Waals surface area contributed by atoms with Gasteiger partial charge in [-0.2, -0.15) is 0 Å². The van der Waals surface area contributed by atoms with Gasteiger partial charge in [-0.3, -0.25) is 0 Å². The number of fused-ring (bicyclic) bond motifs is 1. The molecule has 0 fully saturated rings. The van der Waals surface area contributed by atoms with E-state index < -0.39 is 0 Å². The molecule has 0 saturated heterocycles. The molecule has 3 heteroatoms. The van der Waals surface area contributed by atoms with Crippen molar-refractivity contribution in [3.8, 4) is 0 Å². The number of hydrogen-bond donors (Lipinski definition) is 1. The van der Waals surface area contributed by atoms with Crippen molar-refractivity contribution in [3.05, 3.63) is 28.0 Å². The molecule has 0 saturated carbocycles. The second-order valence-electron chi connectivity index (χ2n) is 2.51. The van der Waals surface area contributed by atoms with E-state index in [0.29, 0.717) is 0 Å². The fourth-order valence-corrected chi connectivity index (χ4v) is 1.83. The zero-order valence-corrected chi connectivity index (χ0v) is 8.75. The van der Waals surface area contributed by atoms with Gasteiger partial charge >= 0.3 is 0 Å². The van der Waals surface area contributed by atoms with Gasteiger partial charge in [0.05, 0.1) is 12.0 Å². The third-order valence-corrected chi connectivity index (χ3v) is 2.77. The van der Waals surface area contributed by atoms with E-state index in [2.05, 4.69) is 34.0 Å². The molecule has 0 bridgehead atoms. The molecule has 2 rings (SSSR count). The molecule has 62 valence electrons.